The van der Waals surface area contributed by atoms with Crippen LogP contribution in [0.4, 0.5) is 0 Å². The van der Waals surface area contributed by atoms with Crippen LogP contribution in [-0.4, -0.2) is 33.8 Å². The molecule has 126 valence electrons. The highest BCUT2D eigenvalue weighted by Gasteiger charge is 2.45. The summed E-state index contributed by atoms with van der Waals surface area (Å²) in [6.45, 7) is 4.50. The van der Waals surface area contributed by atoms with Crippen molar-refractivity contribution in [1.82, 2.24) is 15.2 Å². The van der Waals surface area contributed by atoms with Crippen molar-refractivity contribution < 1.29 is 14.0 Å². The molecule has 0 aliphatic carbocycles. The van der Waals surface area contributed by atoms with Gasteiger partial charge >= 0.3 is 0 Å². The first-order chi connectivity index (χ1) is 11.5. The summed E-state index contributed by atoms with van der Waals surface area (Å²) in [7, 11) is 0. The van der Waals surface area contributed by atoms with E-state index in [1.54, 1.807) is 17.0 Å². The number of nitrogens with one attached hydrogen (secondary N) is 1. The molecule has 24 heavy (non-hydrogen) atoms. The fraction of sp³-hybridized carbons (Fsp3) is 0.389. The van der Waals surface area contributed by atoms with Crippen LogP contribution in [0.15, 0.2) is 41.1 Å². The second-order valence-electron chi connectivity index (χ2n) is 6.24. The Bertz CT molecular complexity index is 741. The molecule has 0 saturated carbocycles. The second kappa shape index (κ2) is 6.47. The first kappa shape index (κ1) is 16.2. The molecular formula is C18H21N3O3. The lowest BCUT2D eigenvalue weighted by Crippen LogP contribution is -2.55. The number of aryl methyl sites for hydroxylation is 1. The molecule has 2 aromatic rings. The number of aromatic nitrogens is 1. The molecule has 1 atom stereocenters. The Kier molecular flexibility index (Phi) is 4.38. The largest absolute Gasteiger partial charge is 0.446 e. The molecule has 1 unspecified atom stereocenters. The maximum absolute atomic E-state index is 12.8. The molecule has 1 aliphatic rings. The molecule has 1 fully saturated rings. The SMILES string of the molecule is Cc1ncoc1CNC(=O)C1(C)CCCN1C(=O)c1ccccc1. The fourth-order valence-corrected chi connectivity index (χ4v) is 3.11. The first-order valence-corrected chi connectivity index (χ1v) is 8.06. The van der Waals surface area contributed by atoms with Crippen LogP contribution in [0.3, 0.4) is 0 Å². The van der Waals surface area contributed by atoms with Crippen molar-refractivity contribution >= 4 is 11.8 Å². The van der Waals surface area contributed by atoms with Crippen LogP contribution >= 0.6 is 0 Å². The van der Waals surface area contributed by atoms with Gasteiger partial charge in [-0.3, -0.25) is 9.59 Å². The van der Waals surface area contributed by atoms with E-state index < -0.39 is 5.54 Å². The summed E-state index contributed by atoms with van der Waals surface area (Å²) in [5.41, 5.74) is 0.509. The van der Waals surface area contributed by atoms with E-state index in [-0.39, 0.29) is 18.4 Å². The summed E-state index contributed by atoms with van der Waals surface area (Å²) in [5.74, 6) is 0.354. The Balaban J connectivity index is 1.73. The van der Waals surface area contributed by atoms with Gasteiger partial charge in [-0.15, -0.1) is 0 Å². The predicted molar refractivity (Wildman–Crippen MR) is 88.2 cm³/mol. The van der Waals surface area contributed by atoms with E-state index in [2.05, 4.69) is 10.3 Å². The molecule has 1 aromatic heterocycles. The molecule has 0 bridgehead atoms. The van der Waals surface area contributed by atoms with Gasteiger partial charge < -0.3 is 14.6 Å². The molecule has 0 spiro atoms. The van der Waals surface area contributed by atoms with Gasteiger partial charge in [-0.1, -0.05) is 18.2 Å². The zero-order valence-corrected chi connectivity index (χ0v) is 13.9. The third-order valence-electron chi connectivity index (χ3n) is 4.65. The number of likely N-dealkylation sites (tertiary alicyclic amines) is 1. The van der Waals surface area contributed by atoms with Crippen LogP contribution in [0.1, 0.15) is 41.6 Å². The molecule has 1 N–H and O–H groups in total. The lowest BCUT2D eigenvalue weighted by Gasteiger charge is -2.34. The number of benzene rings is 1. The van der Waals surface area contributed by atoms with E-state index in [4.69, 9.17) is 4.42 Å². The monoisotopic (exact) mass is 327 g/mol. The summed E-state index contributed by atoms with van der Waals surface area (Å²) in [5, 5.41) is 2.88. The summed E-state index contributed by atoms with van der Waals surface area (Å²) in [6, 6.07) is 9.07. The number of rotatable bonds is 4. The van der Waals surface area contributed by atoms with E-state index in [9.17, 15) is 9.59 Å². The molecule has 6 nitrogen and oxygen atoms in total. The Morgan fingerprint density at radius 1 is 1.33 bits per heavy atom. The average molecular weight is 327 g/mol. The molecule has 1 aromatic carbocycles. The number of oxazole rings is 1. The minimum atomic E-state index is -0.846. The quantitative estimate of drug-likeness (QED) is 0.935. The maximum Gasteiger partial charge on any atom is 0.254 e. The van der Waals surface area contributed by atoms with Gasteiger partial charge in [0.2, 0.25) is 5.91 Å². The van der Waals surface area contributed by atoms with Crippen LogP contribution in [0.5, 0.6) is 0 Å². The molecule has 6 heteroatoms. The van der Waals surface area contributed by atoms with Gasteiger partial charge in [0.05, 0.1) is 12.2 Å². The summed E-state index contributed by atoms with van der Waals surface area (Å²) < 4.78 is 5.25. The topological polar surface area (TPSA) is 75.4 Å². The summed E-state index contributed by atoms with van der Waals surface area (Å²) in [4.78, 5) is 31.2. The normalized spacial score (nSPS) is 20.2. The zero-order valence-electron chi connectivity index (χ0n) is 13.9. The molecule has 1 saturated heterocycles. The number of carbonyl (C=O) groups excluding carboxylic acids is 2. The molecule has 3 rings (SSSR count). The fourth-order valence-electron chi connectivity index (χ4n) is 3.11. The van der Waals surface area contributed by atoms with Gasteiger partial charge in [0.15, 0.2) is 6.39 Å². The smallest absolute Gasteiger partial charge is 0.254 e. The second-order valence-corrected chi connectivity index (χ2v) is 6.24. The highest BCUT2D eigenvalue weighted by atomic mass is 16.3. The predicted octanol–water partition coefficient (Wildman–Crippen LogP) is 2.29. The Hall–Kier alpha value is -2.63. The highest BCUT2D eigenvalue weighted by molar-refractivity contribution is 5.99. The number of hydrogen-bond donors (Lipinski definition) is 1. The van der Waals surface area contributed by atoms with Gasteiger partial charge in [-0.25, -0.2) is 4.98 Å². The minimum absolute atomic E-state index is 0.110. The molecular weight excluding hydrogens is 306 g/mol. The average Bonchev–Trinajstić information content (AvgIpc) is 3.19. The molecule has 0 radical (unpaired) electrons. The van der Waals surface area contributed by atoms with Crippen molar-refractivity contribution in [2.75, 3.05) is 6.54 Å². The maximum atomic E-state index is 12.8. The number of amides is 2. The Labute approximate surface area is 140 Å². The van der Waals surface area contributed by atoms with Crippen LogP contribution in [0.25, 0.3) is 0 Å². The van der Waals surface area contributed by atoms with Crippen LogP contribution < -0.4 is 5.32 Å². The molecule has 2 amide bonds. The summed E-state index contributed by atoms with van der Waals surface area (Å²) in [6.07, 6.45) is 2.82. The van der Waals surface area contributed by atoms with E-state index in [0.717, 1.165) is 12.1 Å². The van der Waals surface area contributed by atoms with Crippen LogP contribution in [-0.2, 0) is 11.3 Å². The lowest BCUT2D eigenvalue weighted by molar-refractivity contribution is -0.130. The lowest BCUT2D eigenvalue weighted by atomic mass is 9.96. The van der Waals surface area contributed by atoms with Crippen molar-refractivity contribution in [3.63, 3.8) is 0 Å². The van der Waals surface area contributed by atoms with Crippen LogP contribution in [0.2, 0.25) is 0 Å². The Morgan fingerprint density at radius 2 is 2.08 bits per heavy atom. The number of nitrogens with zero attached hydrogens (tertiary/aromatic N) is 2. The van der Waals surface area contributed by atoms with Crippen molar-refractivity contribution in [2.45, 2.75) is 38.8 Å². The van der Waals surface area contributed by atoms with Gasteiger partial charge in [-0.05, 0) is 38.8 Å². The van der Waals surface area contributed by atoms with Crippen molar-refractivity contribution in [1.29, 1.82) is 0 Å². The van der Waals surface area contributed by atoms with Gasteiger partial charge in [0.1, 0.15) is 11.3 Å². The van der Waals surface area contributed by atoms with E-state index >= 15 is 0 Å². The highest BCUT2D eigenvalue weighted by Crippen LogP contribution is 2.31. The van der Waals surface area contributed by atoms with Crippen LogP contribution in [0, 0.1) is 6.92 Å². The van der Waals surface area contributed by atoms with Gasteiger partial charge in [-0.2, -0.15) is 0 Å². The van der Waals surface area contributed by atoms with Gasteiger partial charge in [0.25, 0.3) is 5.91 Å². The Morgan fingerprint density at radius 3 is 2.75 bits per heavy atom. The number of carbonyl (C=O) groups is 2. The van der Waals surface area contributed by atoms with E-state index in [0.29, 0.717) is 24.3 Å². The minimum Gasteiger partial charge on any atom is -0.446 e. The van der Waals surface area contributed by atoms with E-state index in [1.165, 1.54) is 6.39 Å². The zero-order chi connectivity index (χ0) is 17.2. The standard InChI is InChI=1S/C18H21N3O3/c1-13-15(24-12-20-13)11-19-17(23)18(2)9-6-10-21(18)16(22)14-7-4-3-5-8-14/h3-5,7-8,12H,6,9-11H2,1-2H3,(H,19,23). The summed E-state index contributed by atoms with van der Waals surface area (Å²) >= 11 is 0. The molecule has 1 aliphatic heterocycles. The number of hydrogen-bond acceptors (Lipinski definition) is 4. The van der Waals surface area contributed by atoms with E-state index in [1.807, 2.05) is 32.0 Å². The van der Waals surface area contributed by atoms with Crippen molar-refractivity contribution in [3.8, 4) is 0 Å². The molecule has 2 heterocycles. The van der Waals surface area contributed by atoms with Gasteiger partial charge in [0, 0.05) is 12.1 Å². The third kappa shape index (κ3) is 2.91. The van der Waals surface area contributed by atoms with Crippen molar-refractivity contribution in [3.05, 3.63) is 53.7 Å². The third-order valence-corrected chi connectivity index (χ3v) is 4.65. The first-order valence-electron chi connectivity index (χ1n) is 8.06. The van der Waals surface area contributed by atoms with Crippen molar-refractivity contribution in [2.24, 2.45) is 0 Å².